The summed E-state index contributed by atoms with van der Waals surface area (Å²) in [4.78, 5) is 2.14. The van der Waals surface area contributed by atoms with Gasteiger partial charge in [-0.05, 0) is 61.2 Å². The molecule has 0 amide bonds. The van der Waals surface area contributed by atoms with Crippen molar-refractivity contribution >= 4 is 53.2 Å². The van der Waals surface area contributed by atoms with E-state index in [0.717, 1.165) is 26.0 Å². The Labute approximate surface area is 218 Å². The SMILES string of the molecule is O=S(=O)(c1cc(Br)c(Br)s1)N1CCN(CCO[C@@H](c2ccccc2)c2ccc(F)c(F)c2)CC1. The fourth-order valence-electron chi connectivity index (χ4n) is 3.76. The van der Waals surface area contributed by atoms with Crippen molar-refractivity contribution in [3.63, 3.8) is 0 Å². The van der Waals surface area contributed by atoms with Gasteiger partial charge in [-0.3, -0.25) is 4.90 Å². The maximum atomic E-state index is 13.9. The Morgan fingerprint density at radius 2 is 1.65 bits per heavy atom. The van der Waals surface area contributed by atoms with Gasteiger partial charge < -0.3 is 4.74 Å². The van der Waals surface area contributed by atoms with Crippen LogP contribution in [0.2, 0.25) is 0 Å². The van der Waals surface area contributed by atoms with Gasteiger partial charge in [-0.2, -0.15) is 4.31 Å². The van der Waals surface area contributed by atoms with E-state index in [2.05, 4.69) is 36.8 Å². The fraction of sp³-hybridized carbons (Fsp3) is 0.304. The zero-order valence-corrected chi connectivity index (χ0v) is 22.8. The van der Waals surface area contributed by atoms with E-state index in [4.69, 9.17) is 4.74 Å². The van der Waals surface area contributed by atoms with E-state index in [-0.39, 0.29) is 0 Å². The van der Waals surface area contributed by atoms with Crippen molar-refractivity contribution in [3.8, 4) is 0 Å². The Kier molecular flexibility index (Phi) is 8.55. The average Bonchev–Trinajstić information content (AvgIpc) is 3.18. The standard InChI is InChI=1S/C23H22Br2F2N2O3S2/c24-18-15-21(33-23(18)25)34(30,31)29-10-8-28(9-11-29)12-13-32-22(16-4-2-1-3-5-16)17-6-7-19(26)20(27)14-17/h1-7,14-15,22H,8-13H2/t22-/m0/s1. The predicted octanol–water partition coefficient (Wildman–Crippen LogP) is 5.66. The summed E-state index contributed by atoms with van der Waals surface area (Å²) in [5.41, 5.74) is 1.38. The zero-order chi connectivity index (χ0) is 24.3. The first-order valence-electron chi connectivity index (χ1n) is 10.5. The first-order valence-corrected chi connectivity index (χ1v) is 14.4. The molecular weight excluding hydrogens is 614 g/mol. The first kappa shape index (κ1) is 25.9. The van der Waals surface area contributed by atoms with Crippen molar-refractivity contribution in [3.05, 3.63) is 85.6 Å². The Morgan fingerprint density at radius 1 is 0.941 bits per heavy atom. The van der Waals surface area contributed by atoms with Gasteiger partial charge in [0.25, 0.3) is 10.0 Å². The molecule has 1 fully saturated rings. The number of halogens is 4. The maximum absolute atomic E-state index is 13.9. The minimum Gasteiger partial charge on any atom is -0.367 e. The summed E-state index contributed by atoms with van der Waals surface area (Å²) in [6, 6.07) is 14.8. The van der Waals surface area contributed by atoms with Gasteiger partial charge in [0, 0.05) is 37.2 Å². The molecule has 11 heteroatoms. The van der Waals surface area contributed by atoms with Crippen LogP contribution in [0.5, 0.6) is 0 Å². The van der Waals surface area contributed by atoms with Crippen LogP contribution in [0.15, 0.2) is 67.1 Å². The van der Waals surface area contributed by atoms with Crippen molar-refractivity contribution in [2.24, 2.45) is 0 Å². The number of ether oxygens (including phenoxy) is 1. The van der Waals surface area contributed by atoms with Gasteiger partial charge in [-0.15, -0.1) is 11.3 Å². The van der Waals surface area contributed by atoms with E-state index in [1.165, 1.54) is 21.7 Å². The lowest BCUT2D eigenvalue weighted by Crippen LogP contribution is -2.49. The highest BCUT2D eigenvalue weighted by molar-refractivity contribution is 9.13. The van der Waals surface area contributed by atoms with Gasteiger partial charge >= 0.3 is 0 Å². The molecule has 1 saturated heterocycles. The Morgan fingerprint density at radius 3 is 2.26 bits per heavy atom. The summed E-state index contributed by atoms with van der Waals surface area (Å²) in [5, 5.41) is 0. The van der Waals surface area contributed by atoms with Crippen LogP contribution >= 0.6 is 43.2 Å². The van der Waals surface area contributed by atoms with Crippen LogP contribution in [0.25, 0.3) is 0 Å². The molecule has 1 aliphatic heterocycles. The molecule has 0 bridgehead atoms. The van der Waals surface area contributed by atoms with E-state index in [1.54, 1.807) is 6.07 Å². The summed E-state index contributed by atoms with van der Waals surface area (Å²) >= 11 is 7.88. The topological polar surface area (TPSA) is 49.9 Å². The lowest BCUT2D eigenvalue weighted by Gasteiger charge is -2.33. The summed E-state index contributed by atoms with van der Waals surface area (Å²) < 4.78 is 62.5. The Bertz CT molecular complexity index is 1210. The second-order valence-corrected chi connectivity index (χ2v) is 13.2. The third-order valence-corrected chi connectivity index (χ3v) is 11.2. The van der Waals surface area contributed by atoms with Crippen molar-refractivity contribution in [2.45, 2.75) is 10.3 Å². The van der Waals surface area contributed by atoms with Gasteiger partial charge in [0.2, 0.25) is 0 Å². The molecule has 1 atom stereocenters. The monoisotopic (exact) mass is 634 g/mol. The molecule has 182 valence electrons. The number of benzene rings is 2. The van der Waals surface area contributed by atoms with E-state index in [1.807, 2.05) is 30.3 Å². The quantitative estimate of drug-likeness (QED) is 0.320. The molecule has 0 unspecified atom stereocenters. The van der Waals surface area contributed by atoms with Crippen molar-refractivity contribution < 1.29 is 21.9 Å². The van der Waals surface area contributed by atoms with E-state index < -0.39 is 27.8 Å². The molecule has 0 radical (unpaired) electrons. The second kappa shape index (κ2) is 11.2. The van der Waals surface area contributed by atoms with Crippen LogP contribution < -0.4 is 0 Å². The maximum Gasteiger partial charge on any atom is 0.252 e. The number of rotatable bonds is 8. The molecule has 2 aromatic carbocycles. The lowest BCUT2D eigenvalue weighted by molar-refractivity contribution is 0.0525. The molecule has 2 heterocycles. The predicted molar refractivity (Wildman–Crippen MR) is 136 cm³/mol. The smallest absolute Gasteiger partial charge is 0.252 e. The van der Waals surface area contributed by atoms with Gasteiger partial charge in [0.15, 0.2) is 11.6 Å². The third kappa shape index (κ3) is 5.95. The highest BCUT2D eigenvalue weighted by Gasteiger charge is 2.30. The highest BCUT2D eigenvalue weighted by Crippen LogP contribution is 2.36. The van der Waals surface area contributed by atoms with Crippen LogP contribution in [-0.2, 0) is 14.8 Å². The van der Waals surface area contributed by atoms with Crippen molar-refractivity contribution in [1.29, 1.82) is 0 Å². The van der Waals surface area contributed by atoms with E-state index in [0.29, 0.717) is 49.1 Å². The van der Waals surface area contributed by atoms with Crippen LogP contribution in [0.4, 0.5) is 8.78 Å². The van der Waals surface area contributed by atoms with Crippen molar-refractivity contribution in [2.75, 3.05) is 39.3 Å². The number of nitrogens with zero attached hydrogens (tertiary/aromatic N) is 2. The molecule has 0 saturated carbocycles. The minimum absolute atomic E-state index is 0.306. The van der Waals surface area contributed by atoms with Gasteiger partial charge in [0.1, 0.15) is 10.3 Å². The Hall–Kier alpha value is -1.21. The molecular formula is C23H22Br2F2N2O3S2. The average molecular weight is 636 g/mol. The molecule has 3 aromatic rings. The number of hydrogen-bond acceptors (Lipinski definition) is 5. The first-order chi connectivity index (χ1) is 16.3. The van der Waals surface area contributed by atoms with Crippen LogP contribution in [0.3, 0.4) is 0 Å². The normalized spacial score (nSPS) is 16.6. The number of thiophene rings is 1. The number of piperazine rings is 1. The largest absolute Gasteiger partial charge is 0.367 e. The van der Waals surface area contributed by atoms with E-state index in [9.17, 15) is 17.2 Å². The minimum atomic E-state index is -3.53. The number of sulfonamides is 1. The molecule has 1 aliphatic rings. The fourth-order valence-corrected chi connectivity index (χ4v) is 8.16. The lowest BCUT2D eigenvalue weighted by atomic mass is 10.0. The highest BCUT2D eigenvalue weighted by atomic mass is 79.9. The van der Waals surface area contributed by atoms with Crippen LogP contribution in [0, 0.1) is 11.6 Å². The molecule has 1 aromatic heterocycles. The van der Waals surface area contributed by atoms with Gasteiger partial charge in [-0.1, -0.05) is 36.4 Å². The van der Waals surface area contributed by atoms with Crippen LogP contribution in [-0.4, -0.2) is 57.0 Å². The molecule has 4 rings (SSSR count). The third-order valence-electron chi connectivity index (χ3n) is 5.59. The molecule has 34 heavy (non-hydrogen) atoms. The van der Waals surface area contributed by atoms with Gasteiger partial charge in [-0.25, -0.2) is 17.2 Å². The molecule has 0 spiro atoms. The molecule has 0 N–H and O–H groups in total. The van der Waals surface area contributed by atoms with Crippen molar-refractivity contribution in [1.82, 2.24) is 9.21 Å². The zero-order valence-electron chi connectivity index (χ0n) is 18.0. The molecule has 5 nitrogen and oxygen atoms in total. The second-order valence-electron chi connectivity index (χ2n) is 7.77. The molecule has 0 aliphatic carbocycles. The Balaban J connectivity index is 1.35. The summed E-state index contributed by atoms with van der Waals surface area (Å²) in [6.07, 6.45) is -0.534. The van der Waals surface area contributed by atoms with Crippen LogP contribution in [0.1, 0.15) is 17.2 Å². The summed E-state index contributed by atoms with van der Waals surface area (Å²) in [6.45, 7) is 2.89. The summed E-state index contributed by atoms with van der Waals surface area (Å²) in [7, 11) is -3.53. The van der Waals surface area contributed by atoms with E-state index >= 15 is 0 Å². The summed E-state index contributed by atoms with van der Waals surface area (Å²) in [5.74, 6) is -1.81. The number of hydrogen-bond donors (Lipinski definition) is 0. The van der Waals surface area contributed by atoms with Gasteiger partial charge in [0.05, 0.1) is 10.4 Å².